The Morgan fingerprint density at radius 3 is 2.64 bits per heavy atom. The quantitative estimate of drug-likeness (QED) is 0.396. The number of hydrogen-bond acceptors (Lipinski definition) is 5. The summed E-state index contributed by atoms with van der Waals surface area (Å²) in [4.78, 5) is 16.7. The molecule has 2 atom stereocenters. The molecule has 0 bridgehead atoms. The van der Waals surface area contributed by atoms with E-state index in [2.05, 4.69) is 56.4 Å². The lowest BCUT2D eigenvalue weighted by molar-refractivity contribution is -0.0368. The number of amides is 1. The maximum atomic E-state index is 12.3. The molecule has 1 amide bonds. The maximum absolute atomic E-state index is 12.3. The zero-order chi connectivity index (χ0) is 25.3. The van der Waals surface area contributed by atoms with Gasteiger partial charge in [0, 0.05) is 44.7 Å². The molecule has 1 aromatic heterocycles. The Morgan fingerprint density at radius 2 is 1.97 bits per heavy atom. The van der Waals surface area contributed by atoms with Gasteiger partial charge in [-0.3, -0.25) is 4.90 Å². The van der Waals surface area contributed by atoms with Gasteiger partial charge in [0.2, 0.25) is 0 Å². The number of piperazine rings is 1. The predicted molar refractivity (Wildman–Crippen MR) is 151 cm³/mol. The van der Waals surface area contributed by atoms with E-state index in [0.717, 1.165) is 68.7 Å². The van der Waals surface area contributed by atoms with Crippen LogP contribution in [0.25, 0.3) is 16.5 Å². The fourth-order valence-electron chi connectivity index (χ4n) is 5.56. The van der Waals surface area contributed by atoms with Gasteiger partial charge in [0.1, 0.15) is 9.30 Å². The first kappa shape index (κ1) is 26.0. The molecule has 5 rings (SSSR count). The van der Waals surface area contributed by atoms with Crippen LogP contribution >= 0.6 is 22.6 Å². The Labute approximate surface area is 228 Å². The van der Waals surface area contributed by atoms with Crippen molar-refractivity contribution in [2.24, 2.45) is 5.92 Å². The second kappa shape index (κ2) is 11.0. The maximum Gasteiger partial charge on any atom is 0.410 e. The summed E-state index contributed by atoms with van der Waals surface area (Å²) in [6.45, 7) is 11.1. The summed E-state index contributed by atoms with van der Waals surface area (Å²) >= 11 is 2.36. The molecule has 3 heterocycles. The molecule has 0 N–H and O–H groups in total. The van der Waals surface area contributed by atoms with Crippen LogP contribution in [0.2, 0.25) is 0 Å². The summed E-state index contributed by atoms with van der Waals surface area (Å²) < 4.78 is 14.7. The van der Waals surface area contributed by atoms with Gasteiger partial charge >= 0.3 is 6.09 Å². The predicted octanol–water partition coefficient (Wildman–Crippen LogP) is 6.08. The summed E-state index contributed by atoms with van der Waals surface area (Å²) in [6, 6.07) is 6.82. The van der Waals surface area contributed by atoms with Crippen molar-refractivity contribution in [3.63, 3.8) is 0 Å². The van der Waals surface area contributed by atoms with Crippen molar-refractivity contribution in [1.82, 2.24) is 19.6 Å². The number of aromatic nitrogens is 2. The van der Waals surface area contributed by atoms with E-state index in [1.165, 1.54) is 34.9 Å². The Bertz CT molecular complexity index is 1110. The van der Waals surface area contributed by atoms with Crippen LogP contribution in [0.15, 0.2) is 24.3 Å². The molecular weight excluding hydrogens is 567 g/mol. The summed E-state index contributed by atoms with van der Waals surface area (Å²) in [7, 11) is 0. The van der Waals surface area contributed by atoms with Crippen LogP contribution in [-0.2, 0) is 9.47 Å². The molecule has 0 radical (unpaired) electrons. The molecule has 1 aromatic carbocycles. The second-order valence-corrected chi connectivity index (χ2v) is 12.4. The SMILES string of the molecule is CC(C)(C)OC(=O)N1CCN(CC2CC=C(c3ccc4c(c3)c(I)nn4C3CCCCO3)CC2)CC1. The van der Waals surface area contributed by atoms with E-state index in [0.29, 0.717) is 5.92 Å². The van der Waals surface area contributed by atoms with Crippen LogP contribution in [0.5, 0.6) is 0 Å². The molecule has 1 aliphatic carbocycles. The first-order valence-electron chi connectivity index (χ1n) is 13.5. The van der Waals surface area contributed by atoms with E-state index in [-0.39, 0.29) is 12.3 Å². The first-order valence-corrected chi connectivity index (χ1v) is 14.5. The highest BCUT2D eigenvalue weighted by molar-refractivity contribution is 14.1. The monoisotopic (exact) mass is 606 g/mol. The number of nitrogens with zero attached hydrogens (tertiary/aromatic N) is 4. The van der Waals surface area contributed by atoms with Crippen molar-refractivity contribution in [2.75, 3.05) is 39.3 Å². The highest BCUT2D eigenvalue weighted by Crippen LogP contribution is 2.35. The van der Waals surface area contributed by atoms with Crippen molar-refractivity contribution in [1.29, 1.82) is 0 Å². The third-order valence-corrected chi connectivity index (χ3v) is 8.32. The van der Waals surface area contributed by atoms with Gasteiger partial charge < -0.3 is 14.4 Å². The fourth-order valence-corrected chi connectivity index (χ4v) is 6.22. The first-order chi connectivity index (χ1) is 17.3. The zero-order valence-corrected chi connectivity index (χ0v) is 24.0. The molecule has 7 nitrogen and oxygen atoms in total. The summed E-state index contributed by atoms with van der Waals surface area (Å²) in [5.41, 5.74) is 3.53. The van der Waals surface area contributed by atoms with E-state index >= 15 is 0 Å². The smallest absolute Gasteiger partial charge is 0.410 e. The van der Waals surface area contributed by atoms with Crippen molar-refractivity contribution in [3.05, 3.63) is 33.5 Å². The molecule has 2 aromatic rings. The van der Waals surface area contributed by atoms with Crippen molar-refractivity contribution < 1.29 is 14.3 Å². The molecule has 3 aliphatic rings. The van der Waals surface area contributed by atoms with Crippen LogP contribution in [0, 0.1) is 9.62 Å². The molecule has 2 unspecified atom stereocenters. The minimum atomic E-state index is -0.437. The Kier molecular flexibility index (Phi) is 7.93. The molecule has 0 saturated carbocycles. The average Bonchev–Trinajstić information content (AvgIpc) is 3.20. The second-order valence-electron chi connectivity index (χ2n) is 11.4. The van der Waals surface area contributed by atoms with Gasteiger partial charge in [0.05, 0.1) is 5.52 Å². The summed E-state index contributed by atoms with van der Waals surface area (Å²) in [5, 5.41) is 6.06. The van der Waals surface area contributed by atoms with Crippen LogP contribution in [0.3, 0.4) is 0 Å². The number of allylic oxidation sites excluding steroid dienone is 2. The molecular formula is C28H39IN4O3. The van der Waals surface area contributed by atoms with Crippen LogP contribution in [0.1, 0.15) is 71.1 Å². The normalized spacial score (nSPS) is 24.1. The summed E-state index contributed by atoms with van der Waals surface area (Å²) in [6.07, 6.45) is 9.17. The van der Waals surface area contributed by atoms with Crippen molar-refractivity contribution >= 4 is 45.2 Å². The third-order valence-electron chi connectivity index (χ3n) is 7.52. The van der Waals surface area contributed by atoms with Crippen LogP contribution in [0.4, 0.5) is 4.79 Å². The van der Waals surface area contributed by atoms with Gasteiger partial charge in [-0.25, -0.2) is 9.48 Å². The van der Waals surface area contributed by atoms with E-state index in [1.807, 2.05) is 25.7 Å². The number of hydrogen-bond donors (Lipinski definition) is 0. The largest absolute Gasteiger partial charge is 0.444 e. The Hall–Kier alpha value is -1.65. The van der Waals surface area contributed by atoms with E-state index in [4.69, 9.17) is 14.6 Å². The standard InChI is InChI=1S/C28H39IN4O3/c1-28(2,3)36-27(34)32-15-13-31(14-16-32)19-20-7-9-21(10-8-20)22-11-12-24-23(18-22)26(29)30-33(24)25-6-4-5-17-35-25/h9,11-12,18,20,25H,4-8,10,13-17,19H2,1-3H3. The molecule has 196 valence electrons. The topological polar surface area (TPSA) is 59.8 Å². The Balaban J connectivity index is 1.16. The van der Waals surface area contributed by atoms with Crippen molar-refractivity contribution in [3.8, 4) is 0 Å². The summed E-state index contributed by atoms with van der Waals surface area (Å²) in [5.74, 6) is 0.678. The van der Waals surface area contributed by atoms with Gasteiger partial charge in [0.25, 0.3) is 0 Å². The number of fused-ring (bicyclic) bond motifs is 1. The number of carbonyl (C=O) groups is 1. The minimum Gasteiger partial charge on any atom is -0.444 e. The van der Waals surface area contributed by atoms with Gasteiger partial charge in [-0.15, -0.1) is 0 Å². The van der Waals surface area contributed by atoms with Gasteiger partial charge in [0.15, 0.2) is 6.23 Å². The zero-order valence-electron chi connectivity index (χ0n) is 21.8. The minimum absolute atomic E-state index is 0.0660. The molecule has 8 heteroatoms. The highest BCUT2D eigenvalue weighted by Gasteiger charge is 2.27. The molecule has 2 fully saturated rings. The van der Waals surface area contributed by atoms with Gasteiger partial charge in [-0.2, -0.15) is 5.10 Å². The van der Waals surface area contributed by atoms with Crippen molar-refractivity contribution in [2.45, 2.75) is 71.1 Å². The molecule has 2 aliphatic heterocycles. The van der Waals surface area contributed by atoms with Gasteiger partial charge in [-0.1, -0.05) is 12.1 Å². The highest BCUT2D eigenvalue weighted by atomic mass is 127. The lowest BCUT2D eigenvalue weighted by Gasteiger charge is -2.37. The molecule has 36 heavy (non-hydrogen) atoms. The van der Waals surface area contributed by atoms with E-state index < -0.39 is 5.60 Å². The fraction of sp³-hybridized carbons (Fsp3) is 0.643. The Morgan fingerprint density at radius 1 is 1.17 bits per heavy atom. The van der Waals surface area contributed by atoms with Crippen LogP contribution in [-0.4, -0.2) is 70.6 Å². The number of rotatable bonds is 4. The molecule has 0 spiro atoms. The van der Waals surface area contributed by atoms with Crippen LogP contribution < -0.4 is 0 Å². The lowest BCUT2D eigenvalue weighted by atomic mass is 9.86. The molecule has 2 saturated heterocycles. The average molecular weight is 607 g/mol. The van der Waals surface area contributed by atoms with E-state index in [1.54, 1.807) is 0 Å². The van der Waals surface area contributed by atoms with E-state index in [9.17, 15) is 4.79 Å². The number of ether oxygens (including phenoxy) is 2. The third kappa shape index (κ3) is 6.07. The van der Waals surface area contributed by atoms with Gasteiger partial charge in [-0.05, 0) is 111 Å². The lowest BCUT2D eigenvalue weighted by Crippen LogP contribution is -2.50. The number of halogens is 1. The number of benzene rings is 1. The number of carbonyl (C=O) groups excluding carboxylic acids is 1.